The summed E-state index contributed by atoms with van der Waals surface area (Å²) in [6, 6.07) is 0. The van der Waals surface area contributed by atoms with Gasteiger partial charge in [-0.25, -0.2) is 4.79 Å². The second-order valence-corrected chi connectivity index (χ2v) is 3.54. The number of H-pyrrole nitrogens is 1. The van der Waals surface area contributed by atoms with E-state index >= 15 is 0 Å². The summed E-state index contributed by atoms with van der Waals surface area (Å²) in [7, 11) is 0. The minimum atomic E-state index is -1.04. The van der Waals surface area contributed by atoms with Crippen LogP contribution in [0.5, 0.6) is 0 Å². The van der Waals surface area contributed by atoms with Crippen molar-refractivity contribution < 1.29 is 19.4 Å². The first-order valence-electron chi connectivity index (χ1n) is 4.91. The Labute approximate surface area is 96.6 Å². The summed E-state index contributed by atoms with van der Waals surface area (Å²) in [5.41, 5.74) is 0.976. The van der Waals surface area contributed by atoms with Crippen LogP contribution in [0.25, 0.3) is 0 Å². The van der Waals surface area contributed by atoms with Gasteiger partial charge in [-0.1, -0.05) is 0 Å². The Hall–Kier alpha value is -2.37. The van der Waals surface area contributed by atoms with Gasteiger partial charge in [-0.05, 0) is 12.2 Å². The summed E-state index contributed by atoms with van der Waals surface area (Å²) >= 11 is 0. The van der Waals surface area contributed by atoms with Crippen LogP contribution < -0.4 is 0 Å². The number of carboxylic acid groups (broad SMARTS) is 1. The van der Waals surface area contributed by atoms with Gasteiger partial charge in [0.05, 0.1) is 18.0 Å². The molecule has 1 atom stereocenters. The first kappa shape index (κ1) is 11.1. The standard InChI is InChI=1S/C11H10N2O4/c1-6(14)10-8(5-12-13-10)9-4-7(11(15)16)2-3-17-9/h2-5,9H,1H3,(H,12,13)(H,15,16). The number of aliphatic carboxylic acids is 1. The number of Topliss-reactive ketones (excluding diaryl/α,β-unsaturated/α-hetero) is 1. The van der Waals surface area contributed by atoms with E-state index in [0.29, 0.717) is 11.3 Å². The Morgan fingerprint density at radius 3 is 2.94 bits per heavy atom. The third kappa shape index (κ3) is 2.10. The molecule has 0 bridgehead atoms. The summed E-state index contributed by atoms with van der Waals surface area (Å²) in [4.78, 5) is 22.1. The predicted octanol–water partition coefficient (Wildman–Crippen LogP) is 1.21. The molecule has 6 heteroatoms. The fraction of sp³-hybridized carbons (Fsp3) is 0.182. The summed E-state index contributed by atoms with van der Waals surface area (Å²) in [6.07, 6.45) is 4.93. The molecule has 2 heterocycles. The molecule has 6 nitrogen and oxygen atoms in total. The van der Waals surface area contributed by atoms with E-state index in [2.05, 4.69) is 10.2 Å². The molecule has 1 unspecified atom stereocenters. The van der Waals surface area contributed by atoms with Crippen LogP contribution in [-0.2, 0) is 9.53 Å². The van der Waals surface area contributed by atoms with E-state index in [9.17, 15) is 9.59 Å². The summed E-state index contributed by atoms with van der Waals surface area (Å²) in [6.45, 7) is 1.40. The number of nitrogens with zero attached hydrogens (tertiary/aromatic N) is 1. The van der Waals surface area contributed by atoms with Gasteiger partial charge in [0.1, 0.15) is 11.8 Å². The molecular weight excluding hydrogens is 224 g/mol. The van der Waals surface area contributed by atoms with Crippen molar-refractivity contribution in [2.45, 2.75) is 13.0 Å². The molecule has 0 saturated carbocycles. The number of carboxylic acids is 1. The average Bonchev–Trinajstić information content (AvgIpc) is 2.78. The number of ether oxygens (including phenoxy) is 1. The van der Waals surface area contributed by atoms with Gasteiger partial charge in [-0.2, -0.15) is 5.10 Å². The molecule has 0 saturated heterocycles. The summed E-state index contributed by atoms with van der Waals surface area (Å²) < 4.78 is 5.26. The topological polar surface area (TPSA) is 92.3 Å². The van der Waals surface area contributed by atoms with E-state index < -0.39 is 12.1 Å². The normalized spacial score (nSPS) is 18.4. The van der Waals surface area contributed by atoms with Gasteiger partial charge in [-0.15, -0.1) is 0 Å². The highest BCUT2D eigenvalue weighted by Crippen LogP contribution is 2.26. The molecule has 0 fully saturated rings. The monoisotopic (exact) mass is 234 g/mol. The van der Waals surface area contributed by atoms with E-state index in [1.54, 1.807) is 0 Å². The van der Waals surface area contributed by atoms with Crippen molar-refractivity contribution >= 4 is 11.8 Å². The van der Waals surface area contributed by atoms with Crippen molar-refractivity contribution in [3.8, 4) is 0 Å². The van der Waals surface area contributed by atoms with Gasteiger partial charge in [0.25, 0.3) is 0 Å². The highest BCUT2D eigenvalue weighted by atomic mass is 16.5. The fourth-order valence-corrected chi connectivity index (χ4v) is 1.55. The van der Waals surface area contributed by atoms with Gasteiger partial charge in [0.2, 0.25) is 0 Å². The number of nitrogens with one attached hydrogen (secondary N) is 1. The molecular formula is C11H10N2O4. The molecule has 1 aromatic heterocycles. The lowest BCUT2D eigenvalue weighted by Crippen LogP contribution is -2.10. The first-order chi connectivity index (χ1) is 8.09. The van der Waals surface area contributed by atoms with E-state index in [0.717, 1.165) is 0 Å². The van der Waals surface area contributed by atoms with Crippen LogP contribution in [0.1, 0.15) is 29.1 Å². The van der Waals surface area contributed by atoms with Crippen molar-refractivity contribution in [3.05, 3.63) is 41.4 Å². The molecule has 17 heavy (non-hydrogen) atoms. The zero-order valence-corrected chi connectivity index (χ0v) is 9.01. The zero-order chi connectivity index (χ0) is 12.4. The van der Waals surface area contributed by atoms with Crippen LogP contribution in [0, 0.1) is 0 Å². The lowest BCUT2D eigenvalue weighted by Gasteiger charge is -2.16. The fourth-order valence-electron chi connectivity index (χ4n) is 1.55. The minimum Gasteiger partial charge on any atom is -0.489 e. The molecule has 0 aromatic carbocycles. The van der Waals surface area contributed by atoms with Crippen LogP contribution in [0.4, 0.5) is 0 Å². The number of hydrogen-bond donors (Lipinski definition) is 2. The lowest BCUT2D eigenvalue weighted by atomic mass is 10.0. The maximum atomic E-state index is 11.3. The van der Waals surface area contributed by atoms with Crippen LogP contribution >= 0.6 is 0 Å². The number of rotatable bonds is 3. The van der Waals surface area contributed by atoms with E-state index in [1.807, 2.05) is 0 Å². The predicted molar refractivity (Wildman–Crippen MR) is 57.3 cm³/mol. The van der Waals surface area contributed by atoms with E-state index in [1.165, 1.54) is 31.5 Å². The number of ketones is 1. The van der Waals surface area contributed by atoms with E-state index in [-0.39, 0.29) is 11.4 Å². The average molecular weight is 234 g/mol. The molecule has 0 amide bonds. The first-order valence-corrected chi connectivity index (χ1v) is 4.91. The highest BCUT2D eigenvalue weighted by Gasteiger charge is 2.22. The number of carbonyl (C=O) groups is 2. The molecule has 1 aromatic rings. The Balaban J connectivity index is 2.35. The maximum absolute atomic E-state index is 11.3. The van der Waals surface area contributed by atoms with Gasteiger partial charge in [0, 0.05) is 12.5 Å². The van der Waals surface area contributed by atoms with Crippen LogP contribution in [-0.4, -0.2) is 27.1 Å². The van der Waals surface area contributed by atoms with Gasteiger partial charge in [0.15, 0.2) is 5.78 Å². The second-order valence-electron chi connectivity index (χ2n) is 3.54. The number of aromatic amines is 1. The third-order valence-electron chi connectivity index (χ3n) is 2.38. The SMILES string of the molecule is CC(=O)c1[nH]ncc1C1C=C(C(=O)O)C=CO1. The van der Waals surface area contributed by atoms with Crippen LogP contribution in [0.15, 0.2) is 30.2 Å². The number of aromatic nitrogens is 2. The Kier molecular flexibility index (Phi) is 2.78. The molecule has 2 rings (SSSR count). The van der Waals surface area contributed by atoms with Gasteiger partial charge >= 0.3 is 5.97 Å². The highest BCUT2D eigenvalue weighted by molar-refractivity contribution is 5.94. The summed E-state index contributed by atoms with van der Waals surface area (Å²) in [5, 5.41) is 15.2. The minimum absolute atomic E-state index is 0.122. The van der Waals surface area contributed by atoms with Crippen molar-refractivity contribution in [2.24, 2.45) is 0 Å². The van der Waals surface area contributed by atoms with Crippen LogP contribution in [0.2, 0.25) is 0 Å². The third-order valence-corrected chi connectivity index (χ3v) is 2.38. The number of carbonyl (C=O) groups excluding carboxylic acids is 1. The molecule has 0 spiro atoms. The van der Waals surface area contributed by atoms with Gasteiger partial charge in [-0.3, -0.25) is 9.89 Å². The van der Waals surface area contributed by atoms with Crippen LogP contribution in [0.3, 0.4) is 0 Å². The molecule has 0 aliphatic carbocycles. The maximum Gasteiger partial charge on any atom is 0.335 e. The molecule has 1 aliphatic rings. The summed E-state index contributed by atoms with van der Waals surface area (Å²) in [5.74, 6) is -1.22. The zero-order valence-electron chi connectivity index (χ0n) is 9.01. The molecule has 88 valence electrons. The smallest absolute Gasteiger partial charge is 0.335 e. The Morgan fingerprint density at radius 2 is 2.29 bits per heavy atom. The van der Waals surface area contributed by atoms with Crippen molar-refractivity contribution in [3.63, 3.8) is 0 Å². The Bertz CT molecular complexity index is 527. The quantitative estimate of drug-likeness (QED) is 0.767. The molecule has 1 aliphatic heterocycles. The number of hydrogen-bond acceptors (Lipinski definition) is 4. The van der Waals surface area contributed by atoms with Crippen molar-refractivity contribution in [1.29, 1.82) is 0 Å². The second kappa shape index (κ2) is 4.25. The molecule has 0 radical (unpaired) electrons. The lowest BCUT2D eigenvalue weighted by molar-refractivity contribution is -0.132. The largest absolute Gasteiger partial charge is 0.489 e. The van der Waals surface area contributed by atoms with Crippen molar-refractivity contribution in [1.82, 2.24) is 10.2 Å². The van der Waals surface area contributed by atoms with Gasteiger partial charge < -0.3 is 9.84 Å². The molecule has 2 N–H and O–H groups in total. The Morgan fingerprint density at radius 1 is 1.53 bits per heavy atom. The van der Waals surface area contributed by atoms with E-state index in [4.69, 9.17) is 9.84 Å². The van der Waals surface area contributed by atoms with Crippen molar-refractivity contribution in [2.75, 3.05) is 0 Å².